The number of ether oxygens (including phenoxy) is 1. The molecule has 0 aliphatic rings. The summed E-state index contributed by atoms with van der Waals surface area (Å²) in [4.78, 5) is 3.84. The quantitative estimate of drug-likeness (QED) is 0.622. The van der Waals surface area contributed by atoms with Crippen molar-refractivity contribution in [1.29, 1.82) is 0 Å². The van der Waals surface area contributed by atoms with Crippen molar-refractivity contribution in [3.63, 3.8) is 0 Å². The van der Waals surface area contributed by atoms with Crippen LogP contribution in [0.2, 0.25) is 0 Å². The lowest BCUT2D eigenvalue weighted by molar-refractivity contribution is 0.416. The van der Waals surface area contributed by atoms with Gasteiger partial charge < -0.3 is 16.2 Å². The summed E-state index contributed by atoms with van der Waals surface area (Å²) in [6.45, 7) is 0. The molecule has 0 spiro atoms. The maximum atomic E-state index is 5.61. The minimum Gasteiger partial charge on any atom is -0.486 e. The molecule has 0 saturated carbocycles. The summed E-state index contributed by atoms with van der Waals surface area (Å²) in [6.07, 6.45) is 1.52. The first-order valence-electron chi connectivity index (χ1n) is 3.25. The standard InChI is InChI=1S/C7H9N3OS/c1-11-7(12)5-4(8)2-3-10-6(5)9/h2-3H,1H3,(H4,8,9,10). The summed E-state index contributed by atoms with van der Waals surface area (Å²) in [6, 6.07) is 1.62. The molecule has 0 aliphatic carbocycles. The minimum absolute atomic E-state index is 0.262. The van der Waals surface area contributed by atoms with Crippen LogP contribution in [0.1, 0.15) is 5.56 Å². The van der Waals surface area contributed by atoms with E-state index in [0.717, 1.165) is 0 Å². The normalized spacial score (nSPS) is 9.42. The number of thiocarbonyl (C=S) groups is 1. The van der Waals surface area contributed by atoms with Crippen molar-refractivity contribution >= 4 is 28.8 Å². The van der Waals surface area contributed by atoms with Crippen LogP contribution in [0.5, 0.6) is 0 Å². The summed E-state index contributed by atoms with van der Waals surface area (Å²) in [5.41, 5.74) is 12.1. The van der Waals surface area contributed by atoms with Gasteiger partial charge in [-0.1, -0.05) is 0 Å². The van der Waals surface area contributed by atoms with Gasteiger partial charge in [-0.15, -0.1) is 0 Å². The summed E-state index contributed by atoms with van der Waals surface area (Å²) in [5, 5.41) is 0.262. The zero-order valence-corrected chi connectivity index (χ0v) is 7.39. The zero-order valence-electron chi connectivity index (χ0n) is 6.57. The molecule has 12 heavy (non-hydrogen) atoms. The molecule has 1 heterocycles. The van der Waals surface area contributed by atoms with Gasteiger partial charge in [0.15, 0.2) is 5.05 Å². The van der Waals surface area contributed by atoms with E-state index in [1.807, 2.05) is 0 Å². The van der Waals surface area contributed by atoms with Gasteiger partial charge >= 0.3 is 0 Å². The second-order valence-corrected chi connectivity index (χ2v) is 2.52. The van der Waals surface area contributed by atoms with Crippen LogP contribution in [0, 0.1) is 0 Å². The molecule has 0 unspecified atom stereocenters. The van der Waals surface area contributed by atoms with E-state index < -0.39 is 0 Å². The number of hydrogen-bond donors (Lipinski definition) is 2. The summed E-state index contributed by atoms with van der Waals surface area (Å²) < 4.78 is 4.83. The van der Waals surface area contributed by atoms with E-state index in [4.69, 9.17) is 28.4 Å². The fraction of sp³-hybridized carbons (Fsp3) is 0.143. The molecule has 0 aromatic carbocycles. The number of nitrogens with zero attached hydrogens (tertiary/aromatic N) is 1. The molecule has 64 valence electrons. The van der Waals surface area contributed by atoms with Gasteiger partial charge in [-0.25, -0.2) is 4.98 Å². The summed E-state index contributed by atoms with van der Waals surface area (Å²) >= 11 is 4.87. The third kappa shape index (κ3) is 1.45. The molecule has 4 N–H and O–H groups in total. The first kappa shape index (κ1) is 8.73. The fourth-order valence-electron chi connectivity index (χ4n) is 0.818. The zero-order chi connectivity index (χ0) is 9.14. The Morgan fingerprint density at radius 1 is 1.58 bits per heavy atom. The van der Waals surface area contributed by atoms with Crippen LogP contribution in [0.4, 0.5) is 11.5 Å². The number of hydrogen-bond acceptors (Lipinski definition) is 5. The van der Waals surface area contributed by atoms with Crippen LogP contribution in [0.3, 0.4) is 0 Å². The van der Waals surface area contributed by atoms with Crippen LogP contribution in [-0.4, -0.2) is 17.1 Å². The number of methoxy groups -OCH3 is 1. The average molecular weight is 183 g/mol. The molecule has 0 aliphatic heterocycles. The van der Waals surface area contributed by atoms with Crippen LogP contribution in [0.25, 0.3) is 0 Å². The van der Waals surface area contributed by atoms with E-state index in [2.05, 4.69) is 4.98 Å². The molecule has 0 atom stereocenters. The van der Waals surface area contributed by atoms with Gasteiger partial charge in [0.25, 0.3) is 0 Å². The van der Waals surface area contributed by atoms with Crippen molar-refractivity contribution in [2.45, 2.75) is 0 Å². The Morgan fingerprint density at radius 3 is 2.75 bits per heavy atom. The average Bonchev–Trinajstić information content (AvgIpc) is 2.03. The molecule has 1 aromatic rings. The molecule has 4 nitrogen and oxygen atoms in total. The van der Waals surface area contributed by atoms with Crippen LogP contribution in [-0.2, 0) is 4.74 Å². The Hall–Kier alpha value is -1.36. The van der Waals surface area contributed by atoms with Gasteiger partial charge in [0.1, 0.15) is 5.82 Å². The van der Waals surface area contributed by atoms with E-state index in [1.54, 1.807) is 6.07 Å². The molecular weight excluding hydrogens is 174 g/mol. The Labute approximate surface area is 75.5 Å². The maximum Gasteiger partial charge on any atom is 0.196 e. The van der Waals surface area contributed by atoms with Crippen LogP contribution >= 0.6 is 12.2 Å². The smallest absolute Gasteiger partial charge is 0.196 e. The van der Waals surface area contributed by atoms with E-state index in [0.29, 0.717) is 17.1 Å². The molecule has 1 rings (SSSR count). The highest BCUT2D eigenvalue weighted by atomic mass is 32.1. The Kier molecular flexibility index (Phi) is 2.44. The van der Waals surface area contributed by atoms with Gasteiger partial charge in [0.05, 0.1) is 12.7 Å². The monoisotopic (exact) mass is 183 g/mol. The topological polar surface area (TPSA) is 74.2 Å². The minimum atomic E-state index is 0.262. The predicted octanol–water partition coefficient (Wildman–Crippen LogP) is 0.568. The van der Waals surface area contributed by atoms with Crippen molar-refractivity contribution in [2.75, 3.05) is 18.6 Å². The number of rotatable bonds is 1. The van der Waals surface area contributed by atoms with Crippen LogP contribution in [0.15, 0.2) is 12.3 Å². The summed E-state index contributed by atoms with van der Waals surface area (Å²) in [5.74, 6) is 0.293. The van der Waals surface area contributed by atoms with E-state index in [1.165, 1.54) is 13.3 Å². The molecule has 5 heteroatoms. The Bertz CT molecular complexity index is 293. The third-order valence-corrected chi connectivity index (χ3v) is 1.77. The number of pyridine rings is 1. The van der Waals surface area contributed by atoms with Crippen molar-refractivity contribution in [2.24, 2.45) is 0 Å². The SMILES string of the molecule is COC(=S)c1c(N)ccnc1N. The molecule has 0 bridgehead atoms. The second kappa shape index (κ2) is 3.36. The van der Waals surface area contributed by atoms with Gasteiger partial charge in [0, 0.05) is 11.9 Å². The van der Waals surface area contributed by atoms with Gasteiger partial charge in [-0.2, -0.15) is 0 Å². The van der Waals surface area contributed by atoms with Crippen molar-refractivity contribution in [3.8, 4) is 0 Å². The van der Waals surface area contributed by atoms with Gasteiger partial charge in [-0.3, -0.25) is 0 Å². The maximum absolute atomic E-state index is 5.61. The van der Waals surface area contributed by atoms with Crippen molar-refractivity contribution < 1.29 is 4.74 Å². The predicted molar refractivity (Wildman–Crippen MR) is 51.8 cm³/mol. The Balaban J connectivity index is 3.21. The number of anilines is 2. The van der Waals surface area contributed by atoms with Crippen molar-refractivity contribution in [3.05, 3.63) is 17.8 Å². The number of aromatic nitrogens is 1. The summed E-state index contributed by atoms with van der Waals surface area (Å²) in [7, 11) is 1.47. The van der Waals surface area contributed by atoms with E-state index in [9.17, 15) is 0 Å². The van der Waals surface area contributed by atoms with Crippen molar-refractivity contribution in [1.82, 2.24) is 4.98 Å². The molecule has 0 amide bonds. The van der Waals surface area contributed by atoms with Gasteiger partial charge in [-0.05, 0) is 18.3 Å². The largest absolute Gasteiger partial charge is 0.486 e. The fourth-order valence-corrected chi connectivity index (χ4v) is 1.04. The number of nitrogen functional groups attached to an aromatic ring is 2. The first-order valence-corrected chi connectivity index (χ1v) is 3.66. The highest BCUT2D eigenvalue weighted by molar-refractivity contribution is 7.80. The lowest BCUT2D eigenvalue weighted by Crippen LogP contribution is -2.09. The molecular formula is C7H9N3OS. The molecule has 0 saturated heterocycles. The molecule has 0 fully saturated rings. The lowest BCUT2D eigenvalue weighted by atomic mass is 10.2. The first-order chi connectivity index (χ1) is 5.66. The van der Waals surface area contributed by atoms with E-state index >= 15 is 0 Å². The van der Waals surface area contributed by atoms with Crippen LogP contribution < -0.4 is 11.5 Å². The lowest BCUT2D eigenvalue weighted by Gasteiger charge is -2.07. The highest BCUT2D eigenvalue weighted by Crippen LogP contribution is 2.17. The molecule has 1 aromatic heterocycles. The van der Waals surface area contributed by atoms with E-state index in [-0.39, 0.29) is 5.05 Å². The third-order valence-electron chi connectivity index (χ3n) is 1.40. The molecule has 0 radical (unpaired) electrons. The number of nitrogens with two attached hydrogens (primary N) is 2. The highest BCUT2D eigenvalue weighted by Gasteiger charge is 2.09. The Morgan fingerprint density at radius 2 is 2.25 bits per heavy atom. The second-order valence-electron chi connectivity index (χ2n) is 2.15. The van der Waals surface area contributed by atoms with Gasteiger partial charge in [0.2, 0.25) is 0 Å².